The van der Waals surface area contributed by atoms with Crippen molar-refractivity contribution in [1.29, 1.82) is 0 Å². The summed E-state index contributed by atoms with van der Waals surface area (Å²) in [5.41, 5.74) is 1.18. The van der Waals surface area contributed by atoms with E-state index in [1.54, 1.807) is 23.4 Å². The summed E-state index contributed by atoms with van der Waals surface area (Å²) < 4.78 is 38.8. The van der Waals surface area contributed by atoms with Crippen molar-refractivity contribution < 1.29 is 22.7 Å². The van der Waals surface area contributed by atoms with E-state index in [9.17, 15) is 13.2 Å². The molecule has 166 valence electrons. The number of rotatable bonds is 6. The number of ether oxygens (including phenoxy) is 2. The van der Waals surface area contributed by atoms with E-state index in [-0.39, 0.29) is 17.3 Å². The van der Waals surface area contributed by atoms with Gasteiger partial charge in [0.05, 0.1) is 24.7 Å². The summed E-state index contributed by atoms with van der Waals surface area (Å²) in [6.45, 7) is 4.14. The molecule has 2 aliphatic heterocycles. The standard InChI is InChI=1S/C21H26N4O5S/c26-21(25-10-8-24(9-11-25)16-17-4-6-22-7-5-17)15-23-31(27,28)18-2-3-19-20(14-18)30-13-1-12-29-19/h2-7,14,23H,1,8-13,15-16H2. The molecule has 0 bridgehead atoms. The fraction of sp³-hybridized carbons (Fsp3) is 0.429. The minimum atomic E-state index is -3.84. The molecule has 1 amide bonds. The van der Waals surface area contributed by atoms with Crippen LogP contribution in [0.25, 0.3) is 0 Å². The number of carbonyl (C=O) groups excluding carboxylic acids is 1. The van der Waals surface area contributed by atoms with E-state index in [1.807, 2.05) is 12.1 Å². The van der Waals surface area contributed by atoms with Crippen LogP contribution in [0.4, 0.5) is 0 Å². The molecule has 2 aromatic rings. The smallest absolute Gasteiger partial charge is 0.241 e. The number of piperazine rings is 1. The number of pyridine rings is 1. The molecule has 4 rings (SSSR count). The van der Waals surface area contributed by atoms with Crippen molar-refractivity contribution in [2.45, 2.75) is 17.9 Å². The number of carbonyl (C=O) groups is 1. The normalized spacial score (nSPS) is 17.2. The average Bonchev–Trinajstić information content (AvgIpc) is 3.04. The Balaban J connectivity index is 1.29. The predicted molar refractivity (Wildman–Crippen MR) is 113 cm³/mol. The fourth-order valence-electron chi connectivity index (χ4n) is 3.56. The van der Waals surface area contributed by atoms with Gasteiger partial charge >= 0.3 is 0 Å². The molecule has 1 fully saturated rings. The van der Waals surface area contributed by atoms with E-state index in [4.69, 9.17) is 9.47 Å². The second-order valence-electron chi connectivity index (χ2n) is 7.50. The van der Waals surface area contributed by atoms with Gasteiger partial charge in [-0.15, -0.1) is 0 Å². The topological polar surface area (TPSA) is 101 Å². The first kappa shape index (κ1) is 21.5. The number of hydrogen-bond acceptors (Lipinski definition) is 7. The van der Waals surface area contributed by atoms with Gasteiger partial charge < -0.3 is 14.4 Å². The van der Waals surface area contributed by atoms with Crippen LogP contribution in [0, 0.1) is 0 Å². The van der Waals surface area contributed by atoms with Crippen LogP contribution in [-0.4, -0.2) is 75.0 Å². The third-order valence-electron chi connectivity index (χ3n) is 5.32. The number of amides is 1. The summed E-state index contributed by atoms with van der Waals surface area (Å²) in [7, 11) is -3.84. The van der Waals surface area contributed by atoms with Gasteiger partial charge in [0.2, 0.25) is 15.9 Å². The number of aromatic nitrogens is 1. The molecule has 0 saturated carbocycles. The van der Waals surface area contributed by atoms with E-state index in [0.717, 1.165) is 26.1 Å². The predicted octanol–water partition coefficient (Wildman–Crippen LogP) is 0.866. The van der Waals surface area contributed by atoms with Gasteiger partial charge in [0.15, 0.2) is 11.5 Å². The van der Waals surface area contributed by atoms with Crippen LogP contribution >= 0.6 is 0 Å². The summed E-state index contributed by atoms with van der Waals surface area (Å²) in [5.74, 6) is 0.690. The Kier molecular flexibility index (Phi) is 6.69. The summed E-state index contributed by atoms with van der Waals surface area (Å²) in [5, 5.41) is 0. The maximum Gasteiger partial charge on any atom is 0.241 e. The van der Waals surface area contributed by atoms with Crippen molar-refractivity contribution in [2.75, 3.05) is 45.9 Å². The van der Waals surface area contributed by atoms with E-state index >= 15 is 0 Å². The highest BCUT2D eigenvalue weighted by atomic mass is 32.2. The van der Waals surface area contributed by atoms with Crippen molar-refractivity contribution in [3.8, 4) is 11.5 Å². The lowest BCUT2D eigenvalue weighted by atomic mass is 10.2. The Bertz CT molecular complexity index is 1010. The molecule has 1 aromatic heterocycles. The van der Waals surface area contributed by atoms with Crippen LogP contribution in [0.1, 0.15) is 12.0 Å². The first-order valence-corrected chi connectivity index (χ1v) is 11.8. The highest BCUT2D eigenvalue weighted by Crippen LogP contribution is 2.31. The largest absolute Gasteiger partial charge is 0.490 e. The summed E-state index contributed by atoms with van der Waals surface area (Å²) >= 11 is 0. The Hall–Kier alpha value is -2.69. The summed E-state index contributed by atoms with van der Waals surface area (Å²) in [6.07, 6.45) is 4.27. The van der Waals surface area contributed by atoms with Gasteiger partial charge in [-0.25, -0.2) is 13.1 Å². The molecule has 1 saturated heterocycles. The third-order valence-corrected chi connectivity index (χ3v) is 6.72. The lowest BCUT2D eigenvalue weighted by Gasteiger charge is -2.34. The minimum Gasteiger partial charge on any atom is -0.490 e. The first-order valence-electron chi connectivity index (χ1n) is 10.3. The van der Waals surface area contributed by atoms with Crippen LogP contribution in [-0.2, 0) is 21.4 Å². The Morgan fingerprint density at radius 1 is 1.00 bits per heavy atom. The fourth-order valence-corrected chi connectivity index (χ4v) is 4.55. The van der Waals surface area contributed by atoms with Crippen LogP contribution in [0.5, 0.6) is 11.5 Å². The molecule has 2 aliphatic rings. The van der Waals surface area contributed by atoms with Crippen molar-refractivity contribution in [3.63, 3.8) is 0 Å². The molecule has 9 nitrogen and oxygen atoms in total. The van der Waals surface area contributed by atoms with Gasteiger partial charge in [0.25, 0.3) is 0 Å². The van der Waals surface area contributed by atoms with Gasteiger partial charge in [-0.3, -0.25) is 14.7 Å². The van der Waals surface area contributed by atoms with Crippen LogP contribution < -0.4 is 14.2 Å². The maximum atomic E-state index is 12.7. The zero-order valence-corrected chi connectivity index (χ0v) is 18.0. The Morgan fingerprint density at radius 2 is 1.71 bits per heavy atom. The minimum absolute atomic E-state index is 0.0479. The molecule has 0 spiro atoms. The van der Waals surface area contributed by atoms with Gasteiger partial charge in [0, 0.05) is 57.6 Å². The number of benzene rings is 1. The van der Waals surface area contributed by atoms with Gasteiger partial charge in [-0.05, 0) is 29.8 Å². The Labute approximate surface area is 182 Å². The van der Waals surface area contributed by atoms with Crippen molar-refractivity contribution >= 4 is 15.9 Å². The number of hydrogen-bond donors (Lipinski definition) is 1. The lowest BCUT2D eigenvalue weighted by molar-refractivity contribution is -0.131. The van der Waals surface area contributed by atoms with Crippen molar-refractivity contribution in [3.05, 3.63) is 48.3 Å². The summed E-state index contributed by atoms with van der Waals surface area (Å²) in [4.78, 5) is 20.6. The SMILES string of the molecule is O=C(CNS(=O)(=O)c1ccc2c(c1)OCCCO2)N1CCN(Cc2ccncc2)CC1. The lowest BCUT2D eigenvalue weighted by Crippen LogP contribution is -2.50. The number of fused-ring (bicyclic) bond motifs is 1. The highest BCUT2D eigenvalue weighted by Gasteiger charge is 2.24. The molecule has 3 heterocycles. The first-order chi connectivity index (χ1) is 15.0. The molecule has 1 N–H and O–H groups in total. The second-order valence-corrected chi connectivity index (χ2v) is 9.26. The zero-order chi connectivity index (χ0) is 21.7. The average molecular weight is 447 g/mol. The van der Waals surface area contributed by atoms with E-state index in [1.165, 1.54) is 17.7 Å². The monoisotopic (exact) mass is 446 g/mol. The zero-order valence-electron chi connectivity index (χ0n) is 17.2. The van der Waals surface area contributed by atoms with Crippen LogP contribution in [0.3, 0.4) is 0 Å². The van der Waals surface area contributed by atoms with E-state index in [0.29, 0.717) is 37.8 Å². The molecular formula is C21H26N4O5S. The highest BCUT2D eigenvalue weighted by molar-refractivity contribution is 7.89. The van der Waals surface area contributed by atoms with Crippen LogP contribution in [0.2, 0.25) is 0 Å². The summed E-state index contributed by atoms with van der Waals surface area (Å²) in [6, 6.07) is 8.43. The number of sulfonamides is 1. The molecular weight excluding hydrogens is 420 g/mol. The second kappa shape index (κ2) is 9.63. The van der Waals surface area contributed by atoms with E-state index < -0.39 is 10.0 Å². The molecule has 0 radical (unpaired) electrons. The number of nitrogens with one attached hydrogen (secondary N) is 1. The molecule has 0 aliphatic carbocycles. The molecule has 0 unspecified atom stereocenters. The van der Waals surface area contributed by atoms with Crippen molar-refractivity contribution in [1.82, 2.24) is 19.5 Å². The van der Waals surface area contributed by atoms with Gasteiger partial charge in [-0.1, -0.05) is 0 Å². The molecule has 31 heavy (non-hydrogen) atoms. The Morgan fingerprint density at radius 3 is 2.45 bits per heavy atom. The van der Waals surface area contributed by atoms with E-state index in [2.05, 4.69) is 14.6 Å². The third kappa shape index (κ3) is 5.52. The number of nitrogens with zero attached hydrogens (tertiary/aromatic N) is 3. The van der Waals surface area contributed by atoms with Crippen LogP contribution in [0.15, 0.2) is 47.6 Å². The quantitative estimate of drug-likeness (QED) is 0.703. The van der Waals surface area contributed by atoms with Gasteiger partial charge in [0.1, 0.15) is 0 Å². The van der Waals surface area contributed by atoms with Gasteiger partial charge in [-0.2, -0.15) is 0 Å². The maximum absolute atomic E-state index is 12.7. The molecule has 0 atom stereocenters. The molecule has 10 heteroatoms. The molecule has 1 aromatic carbocycles. The van der Waals surface area contributed by atoms with Crippen molar-refractivity contribution in [2.24, 2.45) is 0 Å².